The van der Waals surface area contributed by atoms with Gasteiger partial charge in [-0.25, -0.2) is 4.79 Å². The summed E-state index contributed by atoms with van der Waals surface area (Å²) in [6.45, 7) is 5.34. The van der Waals surface area contributed by atoms with Crippen LogP contribution in [0.4, 0.5) is 5.82 Å². The molecule has 1 aliphatic heterocycles. The van der Waals surface area contributed by atoms with Gasteiger partial charge in [0.25, 0.3) is 0 Å². The van der Waals surface area contributed by atoms with Crippen LogP contribution in [0, 0.1) is 0 Å². The second-order valence-electron chi connectivity index (χ2n) is 4.25. The van der Waals surface area contributed by atoms with Crippen LogP contribution in [-0.2, 0) is 4.74 Å². The highest BCUT2D eigenvalue weighted by Crippen LogP contribution is 2.36. The number of aliphatic hydroxyl groups excluding tert-OH is 1. The van der Waals surface area contributed by atoms with Crippen molar-refractivity contribution in [1.82, 2.24) is 9.55 Å². The number of nitrogen functional groups attached to an aromatic ring is 1. The van der Waals surface area contributed by atoms with Gasteiger partial charge in [-0.3, -0.25) is 4.57 Å². The molecule has 0 amide bonds. The fourth-order valence-electron chi connectivity index (χ4n) is 1.84. The van der Waals surface area contributed by atoms with Gasteiger partial charge in [0.2, 0.25) is 0 Å². The molecule has 17 heavy (non-hydrogen) atoms. The quantitative estimate of drug-likeness (QED) is 0.709. The number of hydrogen-bond acceptors (Lipinski definition) is 5. The van der Waals surface area contributed by atoms with E-state index in [0.29, 0.717) is 6.42 Å². The normalized spacial score (nSPS) is 32.6. The number of nitrogens with zero attached hydrogens (tertiary/aromatic N) is 2. The second kappa shape index (κ2) is 3.97. The zero-order valence-electron chi connectivity index (χ0n) is 9.54. The standard InChI is InChI=1S/C11H15N3O3/c1-3-11(2)7(15)6-9(17-11)14-5-4-8(12)13-10(14)16/h3-5,7,9,15H,1,6H2,2H3,(H2,12,13,16)/t7-,9+,11+/m0/s1. The van der Waals surface area contributed by atoms with Crippen LogP contribution in [-0.4, -0.2) is 26.4 Å². The Bertz CT molecular complexity index is 499. The van der Waals surface area contributed by atoms with Crippen molar-refractivity contribution in [2.75, 3.05) is 5.73 Å². The van der Waals surface area contributed by atoms with Crippen LogP contribution in [0.5, 0.6) is 0 Å². The Balaban J connectivity index is 2.32. The number of rotatable bonds is 2. The number of nitrogens with two attached hydrogens (primary N) is 1. The van der Waals surface area contributed by atoms with Gasteiger partial charge in [-0.15, -0.1) is 6.58 Å². The number of aromatic nitrogens is 2. The predicted octanol–water partition coefficient (Wildman–Crippen LogP) is 0.0500. The van der Waals surface area contributed by atoms with E-state index in [9.17, 15) is 9.90 Å². The maximum Gasteiger partial charge on any atom is 0.351 e. The summed E-state index contributed by atoms with van der Waals surface area (Å²) in [6, 6.07) is 1.51. The molecule has 6 heteroatoms. The lowest BCUT2D eigenvalue weighted by atomic mass is 10.00. The van der Waals surface area contributed by atoms with Gasteiger partial charge < -0.3 is 15.6 Å². The molecule has 3 N–H and O–H groups in total. The first kappa shape index (κ1) is 11.8. The van der Waals surface area contributed by atoms with Gasteiger partial charge in [-0.05, 0) is 13.0 Å². The maximum absolute atomic E-state index is 11.6. The van der Waals surface area contributed by atoms with Crippen LogP contribution < -0.4 is 11.4 Å². The van der Waals surface area contributed by atoms with Gasteiger partial charge >= 0.3 is 5.69 Å². The molecule has 1 saturated heterocycles. The van der Waals surface area contributed by atoms with E-state index in [1.54, 1.807) is 6.92 Å². The molecule has 0 bridgehead atoms. The average molecular weight is 237 g/mol. The Morgan fingerprint density at radius 3 is 3.06 bits per heavy atom. The molecule has 0 saturated carbocycles. The van der Waals surface area contributed by atoms with Crippen LogP contribution in [0.25, 0.3) is 0 Å². The van der Waals surface area contributed by atoms with Gasteiger partial charge in [-0.2, -0.15) is 4.98 Å². The Kier molecular flexibility index (Phi) is 2.76. The highest BCUT2D eigenvalue weighted by Gasteiger charge is 2.43. The molecule has 1 aliphatic rings. The highest BCUT2D eigenvalue weighted by atomic mass is 16.5. The minimum Gasteiger partial charge on any atom is -0.390 e. The Morgan fingerprint density at radius 1 is 1.82 bits per heavy atom. The molecule has 0 radical (unpaired) electrons. The molecular formula is C11H15N3O3. The minimum absolute atomic E-state index is 0.163. The maximum atomic E-state index is 11.6. The highest BCUT2D eigenvalue weighted by molar-refractivity contribution is 5.23. The predicted molar refractivity (Wildman–Crippen MR) is 62.3 cm³/mol. The van der Waals surface area contributed by atoms with Gasteiger partial charge in [0, 0.05) is 12.6 Å². The summed E-state index contributed by atoms with van der Waals surface area (Å²) in [6.07, 6.45) is 2.11. The smallest absolute Gasteiger partial charge is 0.351 e. The molecule has 2 heterocycles. The average Bonchev–Trinajstić information content (AvgIpc) is 2.56. The molecule has 0 aliphatic carbocycles. The van der Waals surface area contributed by atoms with E-state index >= 15 is 0 Å². The number of ether oxygens (including phenoxy) is 1. The van der Waals surface area contributed by atoms with Crippen molar-refractivity contribution in [1.29, 1.82) is 0 Å². The lowest BCUT2D eigenvalue weighted by Crippen LogP contribution is -2.33. The summed E-state index contributed by atoms with van der Waals surface area (Å²) >= 11 is 0. The van der Waals surface area contributed by atoms with E-state index in [2.05, 4.69) is 11.6 Å². The van der Waals surface area contributed by atoms with E-state index in [1.165, 1.54) is 22.9 Å². The van der Waals surface area contributed by atoms with Crippen LogP contribution in [0.2, 0.25) is 0 Å². The molecule has 0 spiro atoms. The zero-order valence-corrected chi connectivity index (χ0v) is 9.54. The molecule has 1 aromatic rings. The molecule has 3 atom stereocenters. The fraction of sp³-hybridized carbons (Fsp3) is 0.455. The summed E-state index contributed by atoms with van der Waals surface area (Å²) in [5.74, 6) is 0.163. The molecule has 6 nitrogen and oxygen atoms in total. The topological polar surface area (TPSA) is 90.4 Å². The number of hydrogen-bond donors (Lipinski definition) is 2. The van der Waals surface area contributed by atoms with Gasteiger partial charge in [-0.1, -0.05) is 6.08 Å². The summed E-state index contributed by atoms with van der Waals surface area (Å²) in [4.78, 5) is 15.2. The van der Waals surface area contributed by atoms with E-state index in [-0.39, 0.29) is 5.82 Å². The first-order valence-corrected chi connectivity index (χ1v) is 5.30. The zero-order chi connectivity index (χ0) is 12.6. The van der Waals surface area contributed by atoms with Crippen LogP contribution >= 0.6 is 0 Å². The number of aliphatic hydroxyl groups is 1. The van der Waals surface area contributed by atoms with Crippen LogP contribution in [0.1, 0.15) is 19.6 Å². The Morgan fingerprint density at radius 2 is 2.53 bits per heavy atom. The van der Waals surface area contributed by atoms with Crippen molar-refractivity contribution in [2.24, 2.45) is 0 Å². The summed E-state index contributed by atoms with van der Waals surface area (Å²) in [5, 5.41) is 9.87. The van der Waals surface area contributed by atoms with E-state index in [4.69, 9.17) is 10.5 Å². The molecular weight excluding hydrogens is 222 g/mol. The van der Waals surface area contributed by atoms with Gasteiger partial charge in [0.05, 0.1) is 6.10 Å². The molecule has 0 unspecified atom stereocenters. The Labute approximate surface area is 98.3 Å². The molecule has 2 rings (SSSR count). The van der Waals surface area contributed by atoms with Crippen molar-refractivity contribution in [3.63, 3.8) is 0 Å². The van der Waals surface area contributed by atoms with Crippen molar-refractivity contribution >= 4 is 5.82 Å². The minimum atomic E-state index is -0.842. The van der Waals surface area contributed by atoms with Crippen LogP contribution in [0.15, 0.2) is 29.7 Å². The third-order valence-corrected chi connectivity index (χ3v) is 3.04. The fourth-order valence-corrected chi connectivity index (χ4v) is 1.84. The molecule has 1 aromatic heterocycles. The molecule has 92 valence electrons. The number of anilines is 1. The van der Waals surface area contributed by atoms with Crippen molar-refractivity contribution in [3.05, 3.63) is 35.4 Å². The van der Waals surface area contributed by atoms with E-state index < -0.39 is 23.6 Å². The molecule has 0 aromatic carbocycles. The largest absolute Gasteiger partial charge is 0.390 e. The third kappa shape index (κ3) is 1.96. The first-order valence-electron chi connectivity index (χ1n) is 5.30. The second-order valence-corrected chi connectivity index (χ2v) is 4.25. The van der Waals surface area contributed by atoms with Crippen molar-refractivity contribution in [2.45, 2.75) is 31.3 Å². The summed E-state index contributed by atoms with van der Waals surface area (Å²) < 4.78 is 6.95. The summed E-state index contributed by atoms with van der Waals surface area (Å²) in [7, 11) is 0. The van der Waals surface area contributed by atoms with E-state index in [0.717, 1.165) is 0 Å². The van der Waals surface area contributed by atoms with Gasteiger partial charge in [0.15, 0.2) is 0 Å². The Hall–Kier alpha value is -1.66. The van der Waals surface area contributed by atoms with Crippen molar-refractivity contribution < 1.29 is 9.84 Å². The lowest BCUT2D eigenvalue weighted by molar-refractivity contribution is -0.0602. The monoisotopic (exact) mass is 237 g/mol. The van der Waals surface area contributed by atoms with Crippen LogP contribution in [0.3, 0.4) is 0 Å². The SMILES string of the molecule is C=C[C@@]1(C)O[C@@H](n2ccc(N)nc2=O)C[C@@H]1O. The van der Waals surface area contributed by atoms with Gasteiger partial charge in [0.1, 0.15) is 17.6 Å². The lowest BCUT2D eigenvalue weighted by Gasteiger charge is -2.23. The first-order chi connectivity index (χ1) is 7.96. The van der Waals surface area contributed by atoms with Crippen molar-refractivity contribution in [3.8, 4) is 0 Å². The van der Waals surface area contributed by atoms with E-state index in [1.807, 2.05) is 0 Å². The summed E-state index contributed by atoms with van der Waals surface area (Å²) in [5.41, 5.74) is 4.07. The third-order valence-electron chi connectivity index (χ3n) is 3.04. The molecule has 1 fully saturated rings.